The molecular formula is C14H28O6. The smallest absolute Gasteiger partial charge is 0.305 e. The summed E-state index contributed by atoms with van der Waals surface area (Å²) in [6.07, 6.45) is 1.96. The summed E-state index contributed by atoms with van der Waals surface area (Å²) in [4.78, 5) is 10.4. The molecule has 0 heterocycles. The van der Waals surface area contributed by atoms with Crippen LogP contribution >= 0.6 is 0 Å². The average molecular weight is 292 g/mol. The van der Waals surface area contributed by atoms with Crippen LogP contribution in [-0.4, -0.2) is 63.4 Å². The minimum absolute atomic E-state index is 0.0150. The van der Waals surface area contributed by atoms with Gasteiger partial charge in [-0.2, -0.15) is 0 Å². The van der Waals surface area contributed by atoms with Crippen LogP contribution in [0.3, 0.4) is 0 Å². The third kappa shape index (κ3) is 15.4. The van der Waals surface area contributed by atoms with Crippen molar-refractivity contribution < 1.29 is 28.8 Å². The Morgan fingerprint density at radius 2 is 1.45 bits per heavy atom. The van der Waals surface area contributed by atoms with E-state index in [0.717, 1.165) is 19.4 Å². The molecule has 0 aliphatic heterocycles. The summed E-state index contributed by atoms with van der Waals surface area (Å²) in [7, 11) is 0. The fourth-order valence-corrected chi connectivity index (χ4v) is 1.40. The summed E-state index contributed by atoms with van der Waals surface area (Å²) >= 11 is 0. The predicted molar refractivity (Wildman–Crippen MR) is 75.0 cm³/mol. The molecule has 1 atom stereocenters. The number of hydrogen-bond donors (Lipinski definition) is 1. The maximum Gasteiger partial charge on any atom is 0.305 e. The lowest BCUT2D eigenvalue weighted by Crippen LogP contribution is -2.17. The van der Waals surface area contributed by atoms with Gasteiger partial charge in [-0.25, -0.2) is 0 Å². The minimum Gasteiger partial charge on any atom is -0.481 e. The number of unbranched alkanes of at least 4 members (excludes halogenated alkanes) is 1. The number of carboxylic acid groups (broad SMARTS) is 1. The van der Waals surface area contributed by atoms with E-state index < -0.39 is 5.97 Å². The number of ether oxygens (including phenoxy) is 4. The van der Waals surface area contributed by atoms with Crippen LogP contribution in [-0.2, 0) is 23.7 Å². The highest BCUT2D eigenvalue weighted by atomic mass is 16.6. The van der Waals surface area contributed by atoms with Crippen molar-refractivity contribution in [1.29, 1.82) is 0 Å². The van der Waals surface area contributed by atoms with E-state index in [0.29, 0.717) is 39.6 Å². The molecule has 0 amide bonds. The van der Waals surface area contributed by atoms with Gasteiger partial charge in [0, 0.05) is 6.61 Å². The second-order valence-electron chi connectivity index (χ2n) is 4.47. The molecule has 120 valence electrons. The van der Waals surface area contributed by atoms with Gasteiger partial charge >= 0.3 is 5.97 Å². The van der Waals surface area contributed by atoms with Gasteiger partial charge in [-0.1, -0.05) is 13.3 Å². The summed E-state index contributed by atoms with van der Waals surface area (Å²) in [5.41, 5.74) is 0. The third-order valence-electron chi connectivity index (χ3n) is 2.48. The molecule has 0 aromatic rings. The molecule has 6 heteroatoms. The van der Waals surface area contributed by atoms with Crippen molar-refractivity contribution in [3.63, 3.8) is 0 Å². The zero-order valence-corrected chi connectivity index (χ0v) is 12.6. The van der Waals surface area contributed by atoms with Crippen LogP contribution in [0.1, 0.15) is 33.1 Å². The van der Waals surface area contributed by atoms with Gasteiger partial charge in [-0.15, -0.1) is 0 Å². The highest BCUT2D eigenvalue weighted by Crippen LogP contribution is 1.96. The molecule has 0 aliphatic rings. The maximum atomic E-state index is 10.4. The van der Waals surface area contributed by atoms with Crippen molar-refractivity contribution in [1.82, 2.24) is 0 Å². The van der Waals surface area contributed by atoms with Crippen molar-refractivity contribution >= 4 is 5.97 Å². The van der Waals surface area contributed by atoms with E-state index in [-0.39, 0.29) is 12.5 Å². The molecule has 0 bridgehead atoms. The van der Waals surface area contributed by atoms with Crippen molar-refractivity contribution in [2.75, 3.05) is 46.2 Å². The van der Waals surface area contributed by atoms with Crippen molar-refractivity contribution in [2.24, 2.45) is 0 Å². The standard InChI is InChI=1S/C14H28O6/c1-3-4-5-17-6-7-18-8-9-19-10-11-20-13(2)12-14(15)16/h13H,3-12H2,1-2H3,(H,15,16)/t13-/m1/s1. The van der Waals surface area contributed by atoms with Crippen LogP contribution in [0, 0.1) is 0 Å². The Balaban J connectivity index is 3.08. The summed E-state index contributed by atoms with van der Waals surface area (Å²) in [5, 5.41) is 8.54. The second kappa shape index (κ2) is 14.7. The summed E-state index contributed by atoms with van der Waals surface area (Å²) in [6.45, 7) is 7.73. The normalized spacial score (nSPS) is 12.5. The van der Waals surface area contributed by atoms with Crippen LogP contribution in [0.5, 0.6) is 0 Å². The van der Waals surface area contributed by atoms with Gasteiger partial charge in [0.25, 0.3) is 0 Å². The summed E-state index contributed by atoms with van der Waals surface area (Å²) in [5.74, 6) is -0.854. The summed E-state index contributed by atoms with van der Waals surface area (Å²) < 4.78 is 21.2. The molecule has 0 rings (SSSR count). The maximum absolute atomic E-state index is 10.4. The van der Waals surface area contributed by atoms with E-state index in [4.69, 9.17) is 24.1 Å². The number of carbonyl (C=O) groups is 1. The molecule has 0 spiro atoms. The first-order chi connectivity index (χ1) is 9.66. The lowest BCUT2D eigenvalue weighted by atomic mass is 10.3. The zero-order valence-electron chi connectivity index (χ0n) is 12.6. The molecule has 0 radical (unpaired) electrons. The predicted octanol–water partition coefficient (Wildman–Crippen LogP) is 1.72. The van der Waals surface area contributed by atoms with Gasteiger partial charge in [0.15, 0.2) is 0 Å². The van der Waals surface area contributed by atoms with Gasteiger partial charge in [-0.05, 0) is 13.3 Å². The monoisotopic (exact) mass is 292 g/mol. The Morgan fingerprint density at radius 3 is 1.95 bits per heavy atom. The topological polar surface area (TPSA) is 74.2 Å². The minimum atomic E-state index is -0.854. The molecule has 1 N–H and O–H groups in total. The Hall–Kier alpha value is -0.690. The zero-order chi connectivity index (χ0) is 15.1. The Labute approximate surface area is 121 Å². The first kappa shape index (κ1) is 19.3. The molecule has 0 saturated heterocycles. The van der Waals surface area contributed by atoms with Gasteiger partial charge in [0.2, 0.25) is 0 Å². The average Bonchev–Trinajstić information content (AvgIpc) is 2.39. The Bertz CT molecular complexity index is 222. The van der Waals surface area contributed by atoms with Crippen LogP contribution < -0.4 is 0 Å². The van der Waals surface area contributed by atoms with Gasteiger partial charge in [0.05, 0.1) is 52.2 Å². The number of carboxylic acids is 1. The van der Waals surface area contributed by atoms with E-state index in [1.807, 2.05) is 0 Å². The number of rotatable bonds is 15. The van der Waals surface area contributed by atoms with Crippen LogP contribution in [0.15, 0.2) is 0 Å². The molecule has 0 saturated carbocycles. The lowest BCUT2D eigenvalue weighted by molar-refractivity contribution is -0.140. The van der Waals surface area contributed by atoms with Gasteiger partial charge < -0.3 is 24.1 Å². The molecule has 0 fully saturated rings. The van der Waals surface area contributed by atoms with Gasteiger partial charge in [-0.3, -0.25) is 4.79 Å². The third-order valence-corrected chi connectivity index (χ3v) is 2.48. The highest BCUT2D eigenvalue weighted by Gasteiger charge is 2.06. The van der Waals surface area contributed by atoms with Crippen LogP contribution in [0.4, 0.5) is 0 Å². The fraction of sp³-hybridized carbons (Fsp3) is 0.929. The molecule has 6 nitrogen and oxygen atoms in total. The molecule has 0 aliphatic carbocycles. The molecule has 0 unspecified atom stereocenters. The quantitative estimate of drug-likeness (QED) is 0.463. The van der Waals surface area contributed by atoms with E-state index in [9.17, 15) is 4.79 Å². The van der Waals surface area contributed by atoms with Crippen molar-refractivity contribution in [3.8, 4) is 0 Å². The first-order valence-electron chi connectivity index (χ1n) is 7.23. The molecule has 0 aromatic heterocycles. The van der Waals surface area contributed by atoms with Crippen LogP contribution in [0.2, 0.25) is 0 Å². The largest absolute Gasteiger partial charge is 0.481 e. The first-order valence-corrected chi connectivity index (χ1v) is 7.23. The SMILES string of the molecule is CCCCOCCOCCOCCO[C@H](C)CC(=O)O. The van der Waals surface area contributed by atoms with E-state index in [2.05, 4.69) is 6.92 Å². The highest BCUT2D eigenvalue weighted by molar-refractivity contribution is 5.67. The number of hydrogen-bond acceptors (Lipinski definition) is 5. The summed E-state index contributed by atoms with van der Waals surface area (Å²) in [6, 6.07) is 0. The lowest BCUT2D eigenvalue weighted by Gasteiger charge is -2.11. The van der Waals surface area contributed by atoms with E-state index in [1.165, 1.54) is 0 Å². The van der Waals surface area contributed by atoms with Gasteiger partial charge in [0.1, 0.15) is 0 Å². The van der Waals surface area contributed by atoms with Crippen molar-refractivity contribution in [3.05, 3.63) is 0 Å². The Morgan fingerprint density at radius 1 is 0.950 bits per heavy atom. The second-order valence-corrected chi connectivity index (χ2v) is 4.47. The Kier molecular flexibility index (Phi) is 14.2. The van der Waals surface area contributed by atoms with Crippen LogP contribution in [0.25, 0.3) is 0 Å². The fourth-order valence-electron chi connectivity index (χ4n) is 1.40. The molecular weight excluding hydrogens is 264 g/mol. The molecule has 20 heavy (non-hydrogen) atoms. The number of aliphatic carboxylic acids is 1. The van der Waals surface area contributed by atoms with Crippen molar-refractivity contribution in [2.45, 2.75) is 39.2 Å². The molecule has 0 aromatic carbocycles. The van der Waals surface area contributed by atoms with E-state index >= 15 is 0 Å². The van der Waals surface area contributed by atoms with E-state index in [1.54, 1.807) is 6.92 Å².